The number of morpholine rings is 1. The molecule has 8 heteroatoms. The number of carboxylic acid groups (broad SMARTS) is 1. The molecule has 2 heterocycles. The second-order valence-electron chi connectivity index (χ2n) is 6.48. The zero-order valence-electron chi connectivity index (χ0n) is 13.3. The molecule has 1 aromatic rings. The molecule has 2 aliphatic heterocycles. The summed E-state index contributed by atoms with van der Waals surface area (Å²) in [6.45, 7) is 4.28. The van der Waals surface area contributed by atoms with Crippen molar-refractivity contribution in [1.29, 1.82) is 0 Å². The number of thioether (sulfide) groups is 1. The number of aromatic carboxylic acids is 1. The molecule has 0 amide bonds. The second-order valence-corrected chi connectivity index (χ2v) is 7.62. The minimum atomic E-state index is -0.993. The summed E-state index contributed by atoms with van der Waals surface area (Å²) >= 11 is 1.53. The Labute approximate surface area is 145 Å². The highest BCUT2D eigenvalue weighted by atomic mass is 32.2. The number of ether oxygens (including phenoxy) is 1. The van der Waals surface area contributed by atoms with Crippen molar-refractivity contribution in [2.24, 2.45) is 0 Å². The van der Waals surface area contributed by atoms with Crippen LogP contribution in [0.1, 0.15) is 28.3 Å². The zero-order valence-corrected chi connectivity index (χ0v) is 14.1. The van der Waals surface area contributed by atoms with Crippen molar-refractivity contribution < 1.29 is 24.3 Å². The molecule has 24 heavy (non-hydrogen) atoms. The van der Waals surface area contributed by atoms with Gasteiger partial charge in [-0.05, 0) is 24.0 Å². The van der Waals surface area contributed by atoms with Crippen LogP contribution in [0.5, 0.6) is 5.75 Å². The third-order valence-electron chi connectivity index (χ3n) is 4.98. The Hall–Kier alpha value is -1.22. The van der Waals surface area contributed by atoms with Crippen LogP contribution in [-0.4, -0.2) is 66.7 Å². The first-order valence-corrected chi connectivity index (χ1v) is 9.31. The number of rotatable bonds is 5. The van der Waals surface area contributed by atoms with Crippen LogP contribution in [0, 0.1) is 0 Å². The van der Waals surface area contributed by atoms with Crippen molar-refractivity contribution in [3.05, 3.63) is 23.3 Å². The molecule has 2 atom stereocenters. The van der Waals surface area contributed by atoms with Gasteiger partial charge in [0.1, 0.15) is 11.3 Å². The normalized spacial score (nSPS) is 25.6. The van der Waals surface area contributed by atoms with E-state index in [0.29, 0.717) is 10.6 Å². The first-order valence-electron chi connectivity index (χ1n) is 8.33. The predicted octanol–water partition coefficient (Wildman–Crippen LogP) is 1.54. The second kappa shape index (κ2) is 6.59. The maximum Gasteiger partial charge on any atom is 0.526 e. The summed E-state index contributed by atoms with van der Waals surface area (Å²) in [6.07, 6.45) is 0.872. The van der Waals surface area contributed by atoms with Gasteiger partial charge in [-0.25, -0.2) is 4.79 Å². The smallest absolute Gasteiger partial charge is 0.526 e. The summed E-state index contributed by atoms with van der Waals surface area (Å²) in [4.78, 5) is 14.8. The molecule has 0 spiro atoms. The highest BCUT2D eigenvalue weighted by Crippen LogP contribution is 2.60. The van der Waals surface area contributed by atoms with Crippen LogP contribution < -0.4 is 4.65 Å². The minimum Gasteiger partial charge on any atom is -0.535 e. The molecule has 1 saturated carbocycles. The van der Waals surface area contributed by atoms with E-state index in [1.165, 1.54) is 11.8 Å². The van der Waals surface area contributed by atoms with Crippen LogP contribution in [-0.2, 0) is 4.74 Å². The summed E-state index contributed by atoms with van der Waals surface area (Å²) < 4.78 is 10.9. The molecule has 0 bridgehead atoms. The molecule has 6 nitrogen and oxygen atoms in total. The molecule has 1 aromatic carbocycles. The minimum absolute atomic E-state index is 0.124. The number of carbonyl (C=O) groups is 1. The number of nitrogens with zero attached hydrogens (tertiary/aromatic N) is 1. The Morgan fingerprint density at radius 1 is 1.38 bits per heavy atom. The van der Waals surface area contributed by atoms with Gasteiger partial charge < -0.3 is 19.5 Å². The van der Waals surface area contributed by atoms with E-state index in [1.54, 1.807) is 0 Å². The molecule has 0 radical (unpaired) electrons. The van der Waals surface area contributed by atoms with Crippen LogP contribution in [0.15, 0.2) is 17.0 Å². The van der Waals surface area contributed by atoms with E-state index < -0.39 is 13.1 Å². The lowest BCUT2D eigenvalue weighted by Gasteiger charge is -2.26. The summed E-state index contributed by atoms with van der Waals surface area (Å²) in [5.41, 5.74) is 1.13. The first kappa shape index (κ1) is 16.3. The molecule has 2 N–H and O–H groups in total. The quantitative estimate of drug-likeness (QED) is 0.617. The molecule has 1 saturated heterocycles. The Morgan fingerprint density at radius 2 is 2.17 bits per heavy atom. The number of hydrogen-bond donors (Lipinski definition) is 2. The fraction of sp³-hybridized carbons (Fsp3) is 0.562. The van der Waals surface area contributed by atoms with Crippen LogP contribution >= 0.6 is 11.8 Å². The number of hydrogen-bond acceptors (Lipinski definition) is 6. The molecule has 3 aliphatic rings. The fourth-order valence-electron chi connectivity index (χ4n) is 3.53. The molecule has 0 unspecified atom stereocenters. The fourth-order valence-corrected chi connectivity index (χ4v) is 4.59. The van der Waals surface area contributed by atoms with Gasteiger partial charge in [-0.2, -0.15) is 0 Å². The van der Waals surface area contributed by atoms with Crippen molar-refractivity contribution in [2.75, 3.05) is 38.6 Å². The van der Waals surface area contributed by atoms with Gasteiger partial charge in [-0.15, -0.1) is 11.8 Å². The Bertz CT molecular complexity index is 652. The van der Waals surface area contributed by atoms with Crippen LogP contribution in [0.25, 0.3) is 0 Å². The van der Waals surface area contributed by atoms with Gasteiger partial charge in [0, 0.05) is 36.1 Å². The lowest BCUT2D eigenvalue weighted by atomic mass is 9.77. The highest BCUT2D eigenvalue weighted by molar-refractivity contribution is 7.99. The van der Waals surface area contributed by atoms with E-state index in [1.807, 2.05) is 12.1 Å². The van der Waals surface area contributed by atoms with Gasteiger partial charge in [-0.3, -0.25) is 4.90 Å². The molecule has 2 fully saturated rings. The highest BCUT2D eigenvalue weighted by Gasteiger charge is 2.54. The Balaban J connectivity index is 1.50. The van der Waals surface area contributed by atoms with Gasteiger partial charge in [-0.1, -0.05) is 6.07 Å². The van der Waals surface area contributed by atoms with Crippen molar-refractivity contribution in [2.45, 2.75) is 23.1 Å². The Kier molecular flexibility index (Phi) is 4.47. The zero-order chi connectivity index (χ0) is 16.7. The molecule has 128 valence electrons. The van der Waals surface area contributed by atoms with Crippen molar-refractivity contribution in [1.82, 2.24) is 4.90 Å². The monoisotopic (exact) mass is 349 g/mol. The topological polar surface area (TPSA) is 79.2 Å². The van der Waals surface area contributed by atoms with Gasteiger partial charge in [0.15, 0.2) is 0 Å². The van der Waals surface area contributed by atoms with E-state index >= 15 is 0 Å². The van der Waals surface area contributed by atoms with Gasteiger partial charge in [0.05, 0.1) is 13.2 Å². The van der Waals surface area contributed by atoms with Gasteiger partial charge in [0.2, 0.25) is 0 Å². The lowest BCUT2D eigenvalue weighted by Crippen LogP contribution is -2.37. The molecular formula is C16H20BNO5S. The Morgan fingerprint density at radius 3 is 2.92 bits per heavy atom. The van der Waals surface area contributed by atoms with E-state index in [0.717, 1.165) is 50.6 Å². The van der Waals surface area contributed by atoms with E-state index in [9.17, 15) is 14.9 Å². The maximum atomic E-state index is 11.8. The molecular weight excluding hydrogens is 329 g/mol. The maximum absolute atomic E-state index is 11.8. The summed E-state index contributed by atoms with van der Waals surface area (Å²) in [6, 6.07) is 3.86. The molecule has 4 rings (SSSR count). The van der Waals surface area contributed by atoms with E-state index in [4.69, 9.17) is 9.39 Å². The molecule has 0 aromatic heterocycles. The van der Waals surface area contributed by atoms with Gasteiger partial charge in [0.25, 0.3) is 0 Å². The van der Waals surface area contributed by atoms with Crippen molar-refractivity contribution >= 4 is 24.8 Å². The van der Waals surface area contributed by atoms with E-state index in [2.05, 4.69) is 4.90 Å². The summed E-state index contributed by atoms with van der Waals surface area (Å²) in [7, 11) is -0.880. The van der Waals surface area contributed by atoms with Crippen LogP contribution in [0.2, 0.25) is 5.82 Å². The first-order chi connectivity index (χ1) is 11.6. The SMILES string of the molecule is O=C(O)c1c(SCCN2CCOCC2)ccc2c1OB(O)[C@@H]1C[C@H]21. The third-order valence-corrected chi connectivity index (χ3v) is 6.01. The predicted molar refractivity (Wildman–Crippen MR) is 91.1 cm³/mol. The average Bonchev–Trinajstić information content (AvgIpc) is 3.37. The largest absolute Gasteiger partial charge is 0.535 e. The van der Waals surface area contributed by atoms with E-state index in [-0.39, 0.29) is 17.3 Å². The number of carboxylic acids is 1. The van der Waals surface area contributed by atoms with Gasteiger partial charge >= 0.3 is 13.1 Å². The number of fused-ring (bicyclic) bond motifs is 3. The van der Waals surface area contributed by atoms with Crippen molar-refractivity contribution in [3.63, 3.8) is 0 Å². The standard InChI is InChI=1S/C16H20BNO5S/c19-16(20)14-13(24-8-5-18-3-6-22-7-4-18)2-1-10-11-9-12(11)17(21)23-15(10)14/h1-2,11-12,21H,3-9H2,(H,19,20)/t11-,12-/m1/s1. The van der Waals surface area contributed by atoms with Crippen molar-refractivity contribution in [3.8, 4) is 5.75 Å². The molecule has 1 aliphatic carbocycles. The van der Waals surface area contributed by atoms with Crippen LogP contribution in [0.3, 0.4) is 0 Å². The van der Waals surface area contributed by atoms with Crippen LogP contribution in [0.4, 0.5) is 0 Å². The average molecular weight is 349 g/mol. The number of benzene rings is 1. The third kappa shape index (κ3) is 3.03. The summed E-state index contributed by atoms with van der Waals surface area (Å²) in [5, 5.41) is 19.6. The summed E-state index contributed by atoms with van der Waals surface area (Å²) in [5.74, 6) is 0.554. The lowest BCUT2D eigenvalue weighted by molar-refractivity contribution is 0.0410.